The molecule has 0 saturated carbocycles. The predicted molar refractivity (Wildman–Crippen MR) is 65.1 cm³/mol. The van der Waals surface area contributed by atoms with Crippen LogP contribution in [0.3, 0.4) is 0 Å². The van der Waals surface area contributed by atoms with Gasteiger partial charge in [0.1, 0.15) is 6.26 Å². The lowest BCUT2D eigenvalue weighted by Crippen LogP contribution is -2.19. The third-order valence-electron chi connectivity index (χ3n) is 2.61. The summed E-state index contributed by atoms with van der Waals surface area (Å²) in [7, 11) is 1.91. The number of nitrogens with zero attached hydrogens (tertiary/aromatic N) is 2. The van der Waals surface area contributed by atoms with E-state index in [1.165, 1.54) is 6.26 Å². The molecule has 0 radical (unpaired) electrons. The summed E-state index contributed by atoms with van der Waals surface area (Å²) in [6.45, 7) is 1.17. The highest BCUT2D eigenvalue weighted by molar-refractivity contribution is 5.89. The van der Waals surface area contributed by atoms with Crippen molar-refractivity contribution < 1.29 is 14.4 Å². The molecule has 1 aromatic carbocycles. The molecule has 0 amide bonds. The zero-order valence-corrected chi connectivity index (χ0v) is 10.0. The molecule has 1 aromatic heterocycles. The largest absolute Gasteiger partial charge is 0.478 e. The summed E-state index contributed by atoms with van der Waals surface area (Å²) < 4.78 is 4.76. The average Bonchev–Trinajstić information content (AvgIpc) is 2.82. The van der Waals surface area contributed by atoms with Crippen LogP contribution in [0, 0.1) is 0 Å². The quantitative estimate of drug-likeness (QED) is 0.874. The van der Waals surface area contributed by atoms with Crippen molar-refractivity contribution in [2.24, 2.45) is 0 Å². The van der Waals surface area contributed by atoms with Crippen molar-refractivity contribution in [1.29, 1.82) is 0 Å². The van der Waals surface area contributed by atoms with Crippen LogP contribution in [-0.2, 0) is 13.1 Å². The monoisotopic (exact) mass is 246 g/mol. The Bertz CT molecular complexity index is 523. The van der Waals surface area contributed by atoms with Gasteiger partial charge in [-0.2, -0.15) is 0 Å². The van der Waals surface area contributed by atoms with Gasteiger partial charge in [-0.05, 0) is 18.7 Å². The third kappa shape index (κ3) is 2.95. The molecular formula is C13H14N2O3. The van der Waals surface area contributed by atoms with E-state index in [0.29, 0.717) is 18.7 Å². The molecule has 0 aliphatic carbocycles. The van der Waals surface area contributed by atoms with Crippen LogP contribution in [0.1, 0.15) is 21.6 Å². The maximum atomic E-state index is 11.1. The zero-order valence-electron chi connectivity index (χ0n) is 10.0. The van der Waals surface area contributed by atoms with E-state index in [-0.39, 0.29) is 0 Å². The summed E-state index contributed by atoms with van der Waals surface area (Å²) in [6, 6.07) is 8.79. The molecule has 94 valence electrons. The standard InChI is InChI=1S/C13H14N2O3/c1-15(9-11-6-7-18-14-11)8-10-4-2-3-5-12(10)13(16)17/h2-7H,8-9H2,1H3,(H,16,17). The van der Waals surface area contributed by atoms with Crippen LogP contribution in [0.25, 0.3) is 0 Å². The Labute approximate surface area is 105 Å². The van der Waals surface area contributed by atoms with E-state index in [2.05, 4.69) is 5.16 Å². The van der Waals surface area contributed by atoms with E-state index in [4.69, 9.17) is 9.63 Å². The van der Waals surface area contributed by atoms with Gasteiger partial charge >= 0.3 is 5.97 Å². The van der Waals surface area contributed by atoms with Gasteiger partial charge in [-0.3, -0.25) is 4.90 Å². The number of carbonyl (C=O) groups is 1. The van der Waals surface area contributed by atoms with E-state index >= 15 is 0 Å². The summed E-state index contributed by atoms with van der Waals surface area (Å²) in [6.07, 6.45) is 1.52. The number of hydrogen-bond donors (Lipinski definition) is 1. The first-order chi connectivity index (χ1) is 8.66. The Hall–Kier alpha value is -2.14. The predicted octanol–water partition coefficient (Wildman–Crippen LogP) is 2.00. The topological polar surface area (TPSA) is 66.6 Å². The zero-order chi connectivity index (χ0) is 13.0. The molecule has 0 fully saturated rings. The van der Waals surface area contributed by atoms with Gasteiger partial charge in [0.15, 0.2) is 0 Å². The molecule has 0 atom stereocenters. The van der Waals surface area contributed by atoms with Crippen molar-refractivity contribution in [2.75, 3.05) is 7.05 Å². The molecule has 5 nitrogen and oxygen atoms in total. The van der Waals surface area contributed by atoms with Gasteiger partial charge in [-0.25, -0.2) is 4.79 Å². The Balaban J connectivity index is 2.07. The van der Waals surface area contributed by atoms with Gasteiger partial charge in [0.25, 0.3) is 0 Å². The van der Waals surface area contributed by atoms with E-state index in [1.54, 1.807) is 18.2 Å². The van der Waals surface area contributed by atoms with Gasteiger partial charge in [0, 0.05) is 19.2 Å². The second kappa shape index (κ2) is 5.46. The molecule has 0 bridgehead atoms. The number of benzene rings is 1. The molecule has 0 aliphatic rings. The third-order valence-corrected chi connectivity index (χ3v) is 2.61. The molecule has 5 heteroatoms. The highest BCUT2D eigenvalue weighted by atomic mass is 16.5. The summed E-state index contributed by atoms with van der Waals surface area (Å²) in [5, 5.41) is 12.9. The van der Waals surface area contributed by atoms with Crippen molar-refractivity contribution in [3.63, 3.8) is 0 Å². The van der Waals surface area contributed by atoms with Crippen LogP contribution in [0.15, 0.2) is 41.1 Å². The molecule has 0 aliphatic heterocycles. The van der Waals surface area contributed by atoms with Gasteiger partial charge in [0.2, 0.25) is 0 Å². The van der Waals surface area contributed by atoms with Crippen LogP contribution in [0.5, 0.6) is 0 Å². The molecule has 2 rings (SSSR count). The SMILES string of the molecule is CN(Cc1ccon1)Cc1ccccc1C(=O)O. The Morgan fingerprint density at radius 3 is 2.78 bits per heavy atom. The minimum Gasteiger partial charge on any atom is -0.478 e. The second-order valence-electron chi connectivity index (χ2n) is 4.13. The number of carboxylic acid groups (broad SMARTS) is 1. The average molecular weight is 246 g/mol. The number of carboxylic acids is 1. The van der Waals surface area contributed by atoms with Crippen molar-refractivity contribution in [2.45, 2.75) is 13.1 Å². The van der Waals surface area contributed by atoms with Crippen molar-refractivity contribution >= 4 is 5.97 Å². The lowest BCUT2D eigenvalue weighted by molar-refractivity contribution is 0.0694. The van der Waals surface area contributed by atoms with Crippen molar-refractivity contribution in [1.82, 2.24) is 10.1 Å². The summed E-state index contributed by atoms with van der Waals surface area (Å²) in [5.41, 5.74) is 1.95. The van der Waals surface area contributed by atoms with E-state index in [1.807, 2.05) is 24.1 Å². The first-order valence-corrected chi connectivity index (χ1v) is 5.56. The number of aromatic carboxylic acids is 1. The first kappa shape index (κ1) is 12.3. The first-order valence-electron chi connectivity index (χ1n) is 5.56. The molecule has 0 saturated heterocycles. The van der Waals surface area contributed by atoms with E-state index in [9.17, 15) is 4.79 Å². The van der Waals surface area contributed by atoms with Crippen LogP contribution in [0.2, 0.25) is 0 Å². The highest BCUT2D eigenvalue weighted by Crippen LogP contribution is 2.12. The molecular weight excluding hydrogens is 232 g/mol. The normalized spacial score (nSPS) is 10.8. The number of rotatable bonds is 5. The summed E-state index contributed by atoms with van der Waals surface area (Å²) >= 11 is 0. The lowest BCUT2D eigenvalue weighted by atomic mass is 10.1. The van der Waals surface area contributed by atoms with Crippen LogP contribution in [-0.4, -0.2) is 28.2 Å². The second-order valence-corrected chi connectivity index (χ2v) is 4.13. The van der Waals surface area contributed by atoms with Crippen molar-refractivity contribution in [3.05, 3.63) is 53.4 Å². The Morgan fingerprint density at radius 2 is 2.11 bits per heavy atom. The number of hydrogen-bond acceptors (Lipinski definition) is 4. The summed E-state index contributed by atoms with van der Waals surface area (Å²) in [5.74, 6) is -0.902. The van der Waals surface area contributed by atoms with Crippen LogP contribution >= 0.6 is 0 Å². The smallest absolute Gasteiger partial charge is 0.336 e. The van der Waals surface area contributed by atoms with Crippen LogP contribution < -0.4 is 0 Å². The van der Waals surface area contributed by atoms with E-state index < -0.39 is 5.97 Å². The number of aromatic nitrogens is 1. The van der Waals surface area contributed by atoms with Gasteiger partial charge < -0.3 is 9.63 Å². The minimum atomic E-state index is -0.902. The van der Waals surface area contributed by atoms with Crippen LogP contribution in [0.4, 0.5) is 0 Å². The fourth-order valence-electron chi connectivity index (χ4n) is 1.81. The lowest BCUT2D eigenvalue weighted by Gasteiger charge is -2.16. The molecule has 1 N–H and O–H groups in total. The molecule has 0 spiro atoms. The Kier molecular flexibility index (Phi) is 3.74. The van der Waals surface area contributed by atoms with Gasteiger partial charge in [-0.15, -0.1) is 0 Å². The van der Waals surface area contributed by atoms with Crippen molar-refractivity contribution in [3.8, 4) is 0 Å². The fraction of sp³-hybridized carbons (Fsp3) is 0.231. The maximum Gasteiger partial charge on any atom is 0.336 e. The summed E-state index contributed by atoms with van der Waals surface area (Å²) in [4.78, 5) is 13.1. The molecule has 18 heavy (non-hydrogen) atoms. The van der Waals surface area contributed by atoms with Gasteiger partial charge in [-0.1, -0.05) is 23.4 Å². The molecule has 2 aromatic rings. The Morgan fingerprint density at radius 1 is 1.33 bits per heavy atom. The minimum absolute atomic E-state index is 0.338. The molecule has 1 heterocycles. The highest BCUT2D eigenvalue weighted by Gasteiger charge is 2.11. The maximum absolute atomic E-state index is 11.1. The van der Waals surface area contributed by atoms with E-state index in [0.717, 1.165) is 11.3 Å². The van der Waals surface area contributed by atoms with Gasteiger partial charge in [0.05, 0.1) is 11.3 Å². The molecule has 0 unspecified atom stereocenters. The fourth-order valence-corrected chi connectivity index (χ4v) is 1.81.